The second-order valence-electron chi connectivity index (χ2n) is 5.45. The summed E-state index contributed by atoms with van der Waals surface area (Å²) in [5.74, 6) is -0.985. The third kappa shape index (κ3) is 4.63. The zero-order valence-electron chi connectivity index (χ0n) is 12.1. The molecular formula is C16H20N2O3. The van der Waals surface area contributed by atoms with E-state index in [0.29, 0.717) is 11.1 Å². The number of aliphatic carboxylic acids is 1. The maximum absolute atomic E-state index is 11.8. The van der Waals surface area contributed by atoms with E-state index < -0.39 is 5.97 Å². The summed E-state index contributed by atoms with van der Waals surface area (Å²) in [6.45, 7) is 2.87. The van der Waals surface area contributed by atoms with Crippen molar-refractivity contribution in [2.75, 3.05) is 11.9 Å². The van der Waals surface area contributed by atoms with Gasteiger partial charge < -0.3 is 15.7 Å². The second-order valence-corrected chi connectivity index (χ2v) is 5.45. The molecule has 1 aliphatic rings. The van der Waals surface area contributed by atoms with Crippen molar-refractivity contribution in [2.24, 2.45) is 5.41 Å². The maximum atomic E-state index is 11.8. The lowest BCUT2D eigenvalue weighted by molar-refractivity contribution is -0.131. The molecule has 1 aromatic rings. The first-order valence-corrected chi connectivity index (χ1v) is 7.09. The van der Waals surface area contributed by atoms with E-state index in [1.54, 1.807) is 24.3 Å². The van der Waals surface area contributed by atoms with Crippen LogP contribution in [0.2, 0.25) is 0 Å². The number of carboxylic acid groups (broad SMARTS) is 1. The molecule has 1 saturated carbocycles. The normalized spacial score (nSPS) is 15.7. The molecule has 21 heavy (non-hydrogen) atoms. The smallest absolute Gasteiger partial charge is 0.328 e. The minimum atomic E-state index is -0.985. The molecule has 1 fully saturated rings. The number of nitrogens with one attached hydrogen (secondary N) is 2. The van der Waals surface area contributed by atoms with Gasteiger partial charge in [0.15, 0.2) is 0 Å². The molecule has 3 N–H and O–H groups in total. The van der Waals surface area contributed by atoms with Gasteiger partial charge in [0.25, 0.3) is 0 Å². The predicted octanol–water partition coefficient (Wildman–Crippen LogP) is 3.10. The number of anilines is 1. The van der Waals surface area contributed by atoms with Crippen molar-refractivity contribution in [3.8, 4) is 0 Å². The van der Waals surface area contributed by atoms with Crippen LogP contribution in [0.3, 0.4) is 0 Å². The molecule has 2 amide bonds. The van der Waals surface area contributed by atoms with Gasteiger partial charge in [0.2, 0.25) is 0 Å². The highest BCUT2D eigenvalue weighted by atomic mass is 16.4. The summed E-state index contributed by atoms with van der Waals surface area (Å²) in [7, 11) is 0. The first-order valence-electron chi connectivity index (χ1n) is 7.09. The van der Waals surface area contributed by atoms with Crippen LogP contribution in [0.15, 0.2) is 30.3 Å². The van der Waals surface area contributed by atoms with Gasteiger partial charge in [-0.2, -0.15) is 0 Å². The van der Waals surface area contributed by atoms with Crippen LogP contribution < -0.4 is 10.6 Å². The van der Waals surface area contributed by atoms with Crippen molar-refractivity contribution in [3.63, 3.8) is 0 Å². The van der Waals surface area contributed by atoms with Gasteiger partial charge in [0.05, 0.1) is 0 Å². The van der Waals surface area contributed by atoms with Crippen LogP contribution in [-0.4, -0.2) is 23.7 Å². The van der Waals surface area contributed by atoms with Crippen LogP contribution in [-0.2, 0) is 4.79 Å². The molecule has 0 saturated heterocycles. The van der Waals surface area contributed by atoms with Crippen molar-refractivity contribution in [3.05, 3.63) is 35.9 Å². The van der Waals surface area contributed by atoms with Gasteiger partial charge in [0.1, 0.15) is 0 Å². The highest BCUT2D eigenvalue weighted by Gasteiger charge is 2.40. The summed E-state index contributed by atoms with van der Waals surface area (Å²) in [5, 5.41) is 14.2. The van der Waals surface area contributed by atoms with Gasteiger partial charge in [-0.15, -0.1) is 0 Å². The van der Waals surface area contributed by atoms with E-state index in [0.717, 1.165) is 24.6 Å². The summed E-state index contributed by atoms with van der Waals surface area (Å²) >= 11 is 0. The lowest BCUT2D eigenvalue weighted by Gasteiger charge is -2.14. The fourth-order valence-corrected chi connectivity index (χ4v) is 2.12. The number of amides is 2. The molecule has 0 spiro atoms. The zero-order chi connectivity index (χ0) is 15.3. The van der Waals surface area contributed by atoms with Crippen molar-refractivity contribution >= 4 is 23.8 Å². The third-order valence-corrected chi connectivity index (χ3v) is 3.92. The van der Waals surface area contributed by atoms with Gasteiger partial charge in [-0.1, -0.05) is 19.1 Å². The molecule has 1 aromatic carbocycles. The van der Waals surface area contributed by atoms with Crippen LogP contribution in [0.5, 0.6) is 0 Å². The van der Waals surface area contributed by atoms with Gasteiger partial charge in [-0.05, 0) is 48.4 Å². The summed E-state index contributed by atoms with van der Waals surface area (Å²) in [6, 6.07) is 6.79. The summed E-state index contributed by atoms with van der Waals surface area (Å²) in [6.07, 6.45) is 6.06. The Bertz CT molecular complexity index is 545. The first kappa shape index (κ1) is 15.1. The zero-order valence-corrected chi connectivity index (χ0v) is 12.1. The van der Waals surface area contributed by atoms with Crippen LogP contribution in [0.25, 0.3) is 6.08 Å². The SMILES string of the molecule is CCC1(CNC(=O)Nc2ccc(/C=C/C(=O)O)cc2)CC1. The number of hydrogen-bond donors (Lipinski definition) is 3. The first-order chi connectivity index (χ1) is 10.0. The molecule has 112 valence electrons. The number of carbonyl (C=O) groups excluding carboxylic acids is 1. The van der Waals surface area contributed by atoms with Crippen LogP contribution in [0.4, 0.5) is 10.5 Å². The van der Waals surface area contributed by atoms with Crippen LogP contribution >= 0.6 is 0 Å². The van der Waals surface area contributed by atoms with E-state index in [-0.39, 0.29) is 6.03 Å². The van der Waals surface area contributed by atoms with Gasteiger partial charge >= 0.3 is 12.0 Å². The molecule has 1 aliphatic carbocycles. The molecule has 0 atom stereocenters. The topological polar surface area (TPSA) is 78.4 Å². The quantitative estimate of drug-likeness (QED) is 0.704. The third-order valence-electron chi connectivity index (χ3n) is 3.92. The van der Waals surface area contributed by atoms with Crippen LogP contribution in [0.1, 0.15) is 31.7 Å². The Balaban J connectivity index is 1.82. The largest absolute Gasteiger partial charge is 0.478 e. The molecule has 5 nitrogen and oxygen atoms in total. The Labute approximate surface area is 124 Å². The van der Waals surface area contributed by atoms with Gasteiger partial charge in [-0.3, -0.25) is 0 Å². The molecule has 0 bridgehead atoms. The number of carboxylic acids is 1. The average molecular weight is 288 g/mol. The van der Waals surface area contributed by atoms with Gasteiger partial charge in [-0.25, -0.2) is 9.59 Å². The molecule has 0 aromatic heterocycles. The Morgan fingerprint density at radius 1 is 1.29 bits per heavy atom. The number of urea groups is 1. The van der Waals surface area contributed by atoms with E-state index in [1.807, 2.05) is 0 Å². The Hall–Kier alpha value is -2.30. The number of rotatable bonds is 6. The second kappa shape index (κ2) is 6.43. The minimum Gasteiger partial charge on any atom is -0.478 e. The fraction of sp³-hybridized carbons (Fsp3) is 0.375. The maximum Gasteiger partial charge on any atom is 0.328 e. The van der Waals surface area contributed by atoms with Crippen molar-refractivity contribution in [1.29, 1.82) is 0 Å². The van der Waals surface area contributed by atoms with E-state index in [2.05, 4.69) is 17.6 Å². The highest BCUT2D eigenvalue weighted by Crippen LogP contribution is 2.47. The number of benzene rings is 1. The molecule has 0 heterocycles. The monoisotopic (exact) mass is 288 g/mol. The molecule has 0 radical (unpaired) electrons. The van der Waals surface area contributed by atoms with Crippen molar-refractivity contribution < 1.29 is 14.7 Å². The standard InChI is InChI=1S/C16H20N2O3/c1-2-16(9-10-16)11-17-15(21)18-13-6-3-12(4-7-13)5-8-14(19)20/h3-8H,2,9-11H2,1H3,(H,19,20)(H2,17,18,21)/b8-5+. The van der Waals surface area contributed by atoms with E-state index >= 15 is 0 Å². The predicted molar refractivity (Wildman–Crippen MR) is 82.1 cm³/mol. The molecule has 0 unspecified atom stereocenters. The molecule has 2 rings (SSSR count). The minimum absolute atomic E-state index is 0.205. The molecule has 0 aliphatic heterocycles. The van der Waals surface area contributed by atoms with E-state index in [1.165, 1.54) is 18.9 Å². The van der Waals surface area contributed by atoms with Crippen LogP contribution in [0, 0.1) is 5.41 Å². The van der Waals surface area contributed by atoms with Gasteiger partial charge in [0, 0.05) is 18.3 Å². The van der Waals surface area contributed by atoms with E-state index in [9.17, 15) is 9.59 Å². The Morgan fingerprint density at radius 2 is 1.95 bits per heavy atom. The van der Waals surface area contributed by atoms with E-state index in [4.69, 9.17) is 5.11 Å². The average Bonchev–Trinajstić information content (AvgIpc) is 3.25. The summed E-state index contributed by atoms with van der Waals surface area (Å²) in [4.78, 5) is 22.2. The Morgan fingerprint density at radius 3 is 2.48 bits per heavy atom. The Kier molecular flexibility index (Phi) is 4.62. The number of hydrogen-bond acceptors (Lipinski definition) is 2. The lowest BCUT2D eigenvalue weighted by Crippen LogP contribution is -2.33. The summed E-state index contributed by atoms with van der Waals surface area (Å²) < 4.78 is 0. The highest BCUT2D eigenvalue weighted by molar-refractivity contribution is 5.89. The van der Waals surface area contributed by atoms with Crippen molar-refractivity contribution in [2.45, 2.75) is 26.2 Å². The lowest BCUT2D eigenvalue weighted by atomic mass is 10.0. The summed E-state index contributed by atoms with van der Waals surface area (Å²) in [5.41, 5.74) is 1.77. The molecular weight excluding hydrogens is 268 g/mol. The molecule has 5 heteroatoms. The fourth-order valence-electron chi connectivity index (χ4n) is 2.12. The van der Waals surface area contributed by atoms with Crippen molar-refractivity contribution in [1.82, 2.24) is 5.32 Å². The number of carbonyl (C=O) groups is 2.